The Bertz CT molecular complexity index is 389. The van der Waals surface area contributed by atoms with Gasteiger partial charge in [-0.05, 0) is 51.2 Å². The van der Waals surface area contributed by atoms with Crippen molar-refractivity contribution < 1.29 is 9.90 Å². The van der Waals surface area contributed by atoms with E-state index in [9.17, 15) is 4.79 Å². The van der Waals surface area contributed by atoms with E-state index in [0.717, 1.165) is 11.1 Å². The molecule has 0 bridgehead atoms. The number of hydrogen-bond acceptors (Lipinski definition) is 2. The molecule has 0 heterocycles. The fourth-order valence-electron chi connectivity index (χ4n) is 1.57. The predicted octanol–water partition coefficient (Wildman–Crippen LogP) is 2.71. The summed E-state index contributed by atoms with van der Waals surface area (Å²) in [5, 5.41) is 11.0. The lowest BCUT2D eigenvalue weighted by molar-refractivity contribution is 0.209. The zero-order valence-electron chi connectivity index (χ0n) is 10.1. The van der Waals surface area contributed by atoms with Gasteiger partial charge in [0, 0.05) is 11.7 Å². The fraction of sp³-hybridized carbons (Fsp3) is 0.417. The lowest BCUT2D eigenvalue weighted by Gasteiger charge is -2.22. The zero-order chi connectivity index (χ0) is 12.3. The van der Waals surface area contributed by atoms with Crippen LogP contribution in [0.4, 0.5) is 10.5 Å². The topological polar surface area (TPSA) is 52.6 Å². The molecule has 0 aliphatic carbocycles. The average molecular weight is 222 g/mol. The number of amides is 1. The van der Waals surface area contributed by atoms with Crippen molar-refractivity contribution in [1.82, 2.24) is 4.90 Å². The van der Waals surface area contributed by atoms with Crippen LogP contribution in [0.5, 0.6) is 0 Å². The van der Waals surface area contributed by atoms with Gasteiger partial charge in [-0.1, -0.05) is 6.07 Å². The molecule has 1 aromatic carbocycles. The molecule has 0 radical (unpaired) electrons. The second-order valence-electron chi connectivity index (χ2n) is 4.14. The van der Waals surface area contributed by atoms with Gasteiger partial charge >= 0.3 is 6.09 Å². The maximum Gasteiger partial charge on any atom is 0.409 e. The van der Waals surface area contributed by atoms with E-state index in [-0.39, 0.29) is 6.04 Å². The minimum Gasteiger partial charge on any atom is -0.465 e. The Morgan fingerprint density at radius 1 is 1.44 bits per heavy atom. The number of benzene rings is 1. The molecule has 1 unspecified atom stereocenters. The van der Waals surface area contributed by atoms with Crippen molar-refractivity contribution in [1.29, 1.82) is 0 Å². The molecule has 4 nitrogen and oxygen atoms in total. The van der Waals surface area contributed by atoms with Gasteiger partial charge in [-0.15, -0.1) is 0 Å². The quantitative estimate of drug-likeness (QED) is 0.826. The van der Waals surface area contributed by atoms with Gasteiger partial charge in [0.25, 0.3) is 0 Å². The molecule has 1 atom stereocenters. The average Bonchev–Trinajstić information content (AvgIpc) is 2.19. The number of aryl methyl sites for hydroxylation is 1. The Hall–Kier alpha value is -1.55. The highest BCUT2D eigenvalue weighted by Crippen LogP contribution is 2.24. The van der Waals surface area contributed by atoms with Crippen LogP contribution in [-0.2, 0) is 0 Å². The maximum atomic E-state index is 10.5. The lowest BCUT2D eigenvalue weighted by atomic mass is 10.0. The van der Waals surface area contributed by atoms with Crippen LogP contribution in [0, 0.1) is 6.92 Å². The summed E-state index contributed by atoms with van der Waals surface area (Å²) < 4.78 is 0. The molecule has 0 aromatic heterocycles. The molecule has 0 aliphatic rings. The van der Waals surface area contributed by atoms with Gasteiger partial charge < -0.3 is 10.0 Å². The van der Waals surface area contributed by atoms with Crippen molar-refractivity contribution >= 4 is 11.8 Å². The second-order valence-corrected chi connectivity index (χ2v) is 4.14. The molecule has 0 fully saturated rings. The first-order chi connectivity index (χ1) is 7.41. The van der Waals surface area contributed by atoms with E-state index in [1.165, 1.54) is 0 Å². The van der Waals surface area contributed by atoms with Crippen molar-refractivity contribution in [2.45, 2.75) is 19.9 Å². The number of carbonyl (C=O) groups is 1. The smallest absolute Gasteiger partial charge is 0.409 e. The highest BCUT2D eigenvalue weighted by molar-refractivity contribution is 5.83. The van der Waals surface area contributed by atoms with E-state index >= 15 is 0 Å². The van der Waals surface area contributed by atoms with Crippen LogP contribution in [0.15, 0.2) is 18.2 Å². The third kappa shape index (κ3) is 2.97. The Kier molecular flexibility index (Phi) is 3.90. The first-order valence-electron chi connectivity index (χ1n) is 5.18. The molecule has 0 saturated carbocycles. The summed E-state index contributed by atoms with van der Waals surface area (Å²) in [6.07, 6.45) is -1.03. The van der Waals surface area contributed by atoms with E-state index in [2.05, 4.69) is 17.1 Å². The van der Waals surface area contributed by atoms with E-state index in [0.29, 0.717) is 5.69 Å². The Labute approximate surface area is 95.9 Å². The minimum absolute atomic E-state index is 0.260. The number of nitrogens with one attached hydrogen (secondary N) is 1. The molecule has 4 heteroatoms. The molecule has 0 aliphatic heterocycles. The number of anilines is 1. The molecular formula is C12H18N2O2. The van der Waals surface area contributed by atoms with Crippen LogP contribution < -0.4 is 5.32 Å². The Balaban J connectivity index is 3.03. The third-order valence-corrected chi connectivity index (χ3v) is 2.76. The van der Waals surface area contributed by atoms with Crippen LogP contribution in [0.1, 0.15) is 24.1 Å². The van der Waals surface area contributed by atoms with E-state index in [4.69, 9.17) is 5.11 Å². The largest absolute Gasteiger partial charge is 0.465 e. The van der Waals surface area contributed by atoms with Crippen molar-refractivity contribution in [2.75, 3.05) is 19.4 Å². The molecule has 1 amide bonds. The number of hydrogen-bond donors (Lipinski definition) is 2. The molecule has 16 heavy (non-hydrogen) atoms. The lowest BCUT2D eigenvalue weighted by Crippen LogP contribution is -2.18. The van der Waals surface area contributed by atoms with Crippen LogP contribution in [-0.4, -0.2) is 30.2 Å². The van der Waals surface area contributed by atoms with E-state index in [1.807, 2.05) is 33.2 Å². The zero-order valence-corrected chi connectivity index (χ0v) is 10.1. The third-order valence-electron chi connectivity index (χ3n) is 2.76. The standard InChI is InChI=1S/C12H18N2O2/c1-8-5-6-10(13-12(15)16)7-11(8)9(2)14(3)4/h5-7,9,13H,1-4H3,(H,15,16). The summed E-state index contributed by atoms with van der Waals surface area (Å²) in [6.45, 7) is 4.12. The molecule has 1 rings (SSSR count). The molecule has 0 saturated heterocycles. The Morgan fingerprint density at radius 3 is 2.56 bits per heavy atom. The first-order valence-corrected chi connectivity index (χ1v) is 5.18. The van der Waals surface area contributed by atoms with Crippen molar-refractivity contribution in [3.05, 3.63) is 29.3 Å². The van der Waals surface area contributed by atoms with E-state index < -0.39 is 6.09 Å². The second kappa shape index (κ2) is 4.99. The normalized spacial score (nSPS) is 12.6. The monoisotopic (exact) mass is 222 g/mol. The van der Waals surface area contributed by atoms with Crippen LogP contribution in [0.2, 0.25) is 0 Å². The summed E-state index contributed by atoms with van der Waals surface area (Å²) in [7, 11) is 4.00. The summed E-state index contributed by atoms with van der Waals surface area (Å²) in [5.74, 6) is 0. The molecule has 2 N–H and O–H groups in total. The number of carboxylic acid groups (broad SMARTS) is 1. The van der Waals surface area contributed by atoms with Crippen molar-refractivity contribution in [3.8, 4) is 0 Å². The summed E-state index contributed by atoms with van der Waals surface area (Å²) in [5.41, 5.74) is 2.91. The van der Waals surface area contributed by atoms with E-state index in [1.54, 1.807) is 6.07 Å². The molecule has 88 valence electrons. The van der Waals surface area contributed by atoms with Crippen LogP contribution >= 0.6 is 0 Å². The van der Waals surface area contributed by atoms with Gasteiger partial charge in [-0.3, -0.25) is 5.32 Å². The molecular weight excluding hydrogens is 204 g/mol. The van der Waals surface area contributed by atoms with Gasteiger partial charge in [-0.2, -0.15) is 0 Å². The highest BCUT2D eigenvalue weighted by Gasteiger charge is 2.11. The minimum atomic E-state index is -1.03. The van der Waals surface area contributed by atoms with Crippen LogP contribution in [0.25, 0.3) is 0 Å². The van der Waals surface area contributed by atoms with Crippen LogP contribution in [0.3, 0.4) is 0 Å². The summed E-state index contributed by atoms with van der Waals surface area (Å²) in [6, 6.07) is 5.85. The SMILES string of the molecule is Cc1ccc(NC(=O)O)cc1C(C)N(C)C. The number of rotatable bonds is 3. The molecule has 0 spiro atoms. The maximum absolute atomic E-state index is 10.5. The van der Waals surface area contributed by atoms with Crippen molar-refractivity contribution in [3.63, 3.8) is 0 Å². The summed E-state index contributed by atoms with van der Waals surface area (Å²) >= 11 is 0. The number of nitrogens with zero attached hydrogens (tertiary/aromatic N) is 1. The summed E-state index contributed by atoms with van der Waals surface area (Å²) in [4.78, 5) is 12.6. The van der Waals surface area contributed by atoms with Gasteiger partial charge in [0.2, 0.25) is 0 Å². The Morgan fingerprint density at radius 2 is 2.06 bits per heavy atom. The highest BCUT2D eigenvalue weighted by atomic mass is 16.4. The van der Waals surface area contributed by atoms with Gasteiger partial charge in [-0.25, -0.2) is 4.79 Å². The fourth-order valence-corrected chi connectivity index (χ4v) is 1.57. The first kappa shape index (κ1) is 12.5. The predicted molar refractivity (Wildman–Crippen MR) is 64.9 cm³/mol. The molecule has 1 aromatic rings. The van der Waals surface area contributed by atoms with Gasteiger partial charge in [0.05, 0.1) is 0 Å². The van der Waals surface area contributed by atoms with Gasteiger partial charge in [0.15, 0.2) is 0 Å². The van der Waals surface area contributed by atoms with Crippen molar-refractivity contribution in [2.24, 2.45) is 0 Å². The van der Waals surface area contributed by atoms with Gasteiger partial charge in [0.1, 0.15) is 0 Å².